The van der Waals surface area contributed by atoms with Crippen LogP contribution in [0.2, 0.25) is 0 Å². The van der Waals surface area contributed by atoms with Gasteiger partial charge in [-0.15, -0.1) is 11.3 Å². The van der Waals surface area contributed by atoms with Crippen LogP contribution < -0.4 is 20.1 Å². The fraction of sp³-hybridized carbons (Fsp3) is 0.450. The Balaban J connectivity index is 1.11. The standard InChI is InChI=1S/C40H44N6O9S2/c47-35-31-22-27(54-36-34(32-18-11-21-56-32)41-28-15-8-9-16-29(28)42-36)24-46(31)37(48)30(43-39(50)55-26-13-6-7-14-26)17-5-3-1-2-4-12-25-23-40(25,44-35)38(49)45-57(51,52)33-19-10-20-53-33/h4,8-12,15-16,18-21,25-27,30-31H,1-3,5-7,13-14,17,22-24H2,(H,43,50)(H,44,47)(H,45,49)/b12-4+/t25?,27-,30-,31+,40-/m1/s1. The van der Waals surface area contributed by atoms with E-state index in [9.17, 15) is 27.6 Å². The maximum Gasteiger partial charge on any atom is 0.408 e. The molecule has 2 saturated carbocycles. The highest BCUT2D eigenvalue weighted by Gasteiger charge is 2.62. The van der Waals surface area contributed by atoms with Crippen LogP contribution in [0.15, 0.2) is 81.8 Å². The smallest absolute Gasteiger partial charge is 0.408 e. The van der Waals surface area contributed by atoms with Crippen LogP contribution in [0.4, 0.5) is 4.79 Å². The van der Waals surface area contributed by atoms with Gasteiger partial charge in [-0.3, -0.25) is 14.4 Å². The number of para-hydroxylation sites is 2. The number of benzene rings is 1. The number of hydrogen-bond donors (Lipinski definition) is 3. The highest BCUT2D eigenvalue weighted by atomic mass is 32.2. The molecule has 0 bridgehead atoms. The van der Waals surface area contributed by atoms with Crippen molar-refractivity contribution in [2.24, 2.45) is 5.92 Å². The molecular formula is C40H44N6O9S2. The van der Waals surface area contributed by atoms with E-state index in [1.54, 1.807) is 0 Å². The van der Waals surface area contributed by atoms with Gasteiger partial charge in [0, 0.05) is 12.3 Å². The number of thiophene rings is 1. The SMILES string of the molecule is O=C(N[C@@H]1CCCCC/C=C/C2C[C@@]2(C(=O)NS(=O)(=O)c2ccco2)NC(=O)[C@@H]2C[C@@H](Oc3nc4ccccc4nc3-c3cccs3)CN2C1=O)OC1CCCC1. The molecule has 3 N–H and O–H groups in total. The summed E-state index contributed by atoms with van der Waals surface area (Å²) in [5.74, 6) is -2.35. The van der Waals surface area contributed by atoms with E-state index in [4.69, 9.17) is 23.9 Å². The lowest BCUT2D eigenvalue weighted by Gasteiger charge is -2.30. The molecule has 5 heterocycles. The lowest BCUT2D eigenvalue weighted by atomic mass is 10.0. The molecule has 4 aliphatic rings. The van der Waals surface area contributed by atoms with Crippen LogP contribution in [-0.2, 0) is 29.1 Å². The van der Waals surface area contributed by atoms with Gasteiger partial charge in [-0.1, -0.05) is 43.2 Å². The molecule has 1 aromatic carbocycles. The third kappa shape index (κ3) is 8.40. The van der Waals surface area contributed by atoms with Crippen molar-refractivity contribution >= 4 is 56.2 Å². The zero-order valence-electron chi connectivity index (χ0n) is 31.1. The van der Waals surface area contributed by atoms with Gasteiger partial charge in [0.05, 0.1) is 28.7 Å². The molecule has 5 atom stereocenters. The van der Waals surface area contributed by atoms with E-state index < -0.39 is 68.6 Å². The molecule has 2 aliphatic carbocycles. The Bertz CT molecular complexity index is 2260. The molecule has 4 aromatic rings. The summed E-state index contributed by atoms with van der Waals surface area (Å²) in [5.41, 5.74) is 0.176. The zero-order valence-corrected chi connectivity index (χ0v) is 32.8. The van der Waals surface area contributed by atoms with Gasteiger partial charge in [0.15, 0.2) is 0 Å². The number of fused-ring (bicyclic) bond motifs is 3. The van der Waals surface area contributed by atoms with Gasteiger partial charge in [-0.2, -0.15) is 8.42 Å². The molecule has 0 radical (unpaired) electrons. The first kappa shape index (κ1) is 38.6. The Morgan fingerprint density at radius 1 is 0.947 bits per heavy atom. The van der Waals surface area contributed by atoms with Crippen molar-refractivity contribution in [2.75, 3.05) is 6.54 Å². The predicted octanol–water partition coefficient (Wildman–Crippen LogP) is 5.24. The Morgan fingerprint density at radius 3 is 2.49 bits per heavy atom. The molecule has 2 aliphatic heterocycles. The number of allylic oxidation sites excluding steroid dienone is 1. The lowest BCUT2D eigenvalue weighted by molar-refractivity contribution is -0.141. The van der Waals surface area contributed by atoms with E-state index in [0.717, 1.165) is 43.4 Å². The number of nitrogens with zero attached hydrogens (tertiary/aromatic N) is 3. The molecule has 17 heteroatoms. The monoisotopic (exact) mass is 816 g/mol. The highest BCUT2D eigenvalue weighted by Crippen LogP contribution is 2.46. The number of amides is 4. The van der Waals surface area contributed by atoms with Crippen LogP contribution in [0, 0.1) is 5.92 Å². The summed E-state index contributed by atoms with van der Waals surface area (Å²) < 4.78 is 45.5. The van der Waals surface area contributed by atoms with Crippen LogP contribution in [-0.4, -0.2) is 83.5 Å². The van der Waals surface area contributed by atoms with Gasteiger partial charge in [0.25, 0.3) is 15.9 Å². The van der Waals surface area contributed by atoms with Crippen molar-refractivity contribution in [1.82, 2.24) is 30.2 Å². The van der Waals surface area contributed by atoms with Gasteiger partial charge < -0.3 is 29.4 Å². The molecular weight excluding hydrogens is 773 g/mol. The third-order valence-corrected chi connectivity index (χ3v) is 13.2. The number of carbonyl (C=O) groups excluding carboxylic acids is 4. The van der Waals surface area contributed by atoms with Crippen molar-refractivity contribution in [1.29, 1.82) is 0 Å². The van der Waals surface area contributed by atoms with Gasteiger partial charge in [-0.25, -0.2) is 19.5 Å². The molecule has 1 unspecified atom stereocenters. The number of sulfonamides is 1. The summed E-state index contributed by atoms with van der Waals surface area (Å²) in [6.45, 7) is -0.0411. The van der Waals surface area contributed by atoms with E-state index in [1.165, 1.54) is 34.6 Å². The van der Waals surface area contributed by atoms with E-state index in [-0.39, 0.29) is 31.4 Å². The molecule has 15 nitrogen and oxygen atoms in total. The van der Waals surface area contributed by atoms with Crippen molar-refractivity contribution < 1.29 is 41.5 Å². The van der Waals surface area contributed by atoms with Crippen molar-refractivity contribution in [2.45, 2.75) is 106 Å². The predicted molar refractivity (Wildman–Crippen MR) is 208 cm³/mol. The second-order valence-corrected chi connectivity index (χ2v) is 17.6. The van der Waals surface area contributed by atoms with Crippen LogP contribution >= 0.6 is 11.3 Å². The van der Waals surface area contributed by atoms with Gasteiger partial charge in [0.2, 0.25) is 22.8 Å². The Labute approximate surface area is 333 Å². The maximum atomic E-state index is 14.6. The first-order valence-electron chi connectivity index (χ1n) is 19.4. The average Bonchev–Trinajstić information content (AvgIpc) is 3.89. The molecule has 57 heavy (non-hydrogen) atoms. The number of furan rings is 1. The van der Waals surface area contributed by atoms with E-state index in [1.807, 2.05) is 53.9 Å². The van der Waals surface area contributed by atoms with Crippen molar-refractivity contribution in [3.63, 3.8) is 0 Å². The normalized spacial score (nSPS) is 26.4. The number of alkyl carbamates (subject to hydrolysis) is 1. The average molecular weight is 817 g/mol. The summed E-state index contributed by atoms with van der Waals surface area (Å²) in [7, 11) is -4.39. The third-order valence-electron chi connectivity index (χ3n) is 11.1. The Kier molecular flexibility index (Phi) is 11.0. The minimum Gasteiger partial charge on any atom is -0.471 e. The molecule has 3 aromatic heterocycles. The minimum absolute atomic E-state index is 0.0120. The highest BCUT2D eigenvalue weighted by molar-refractivity contribution is 7.89. The zero-order chi connectivity index (χ0) is 39.6. The van der Waals surface area contributed by atoms with Crippen LogP contribution in [0.3, 0.4) is 0 Å². The number of nitrogens with one attached hydrogen (secondary N) is 3. The van der Waals surface area contributed by atoms with Gasteiger partial charge in [0.1, 0.15) is 35.5 Å². The molecule has 300 valence electrons. The van der Waals surface area contributed by atoms with E-state index in [0.29, 0.717) is 36.0 Å². The summed E-state index contributed by atoms with van der Waals surface area (Å²) in [4.78, 5) is 68.1. The molecule has 8 rings (SSSR count). The lowest BCUT2D eigenvalue weighted by Crippen LogP contribution is -2.58. The number of carbonyl (C=O) groups is 4. The second-order valence-electron chi connectivity index (χ2n) is 15.0. The van der Waals surface area contributed by atoms with E-state index >= 15 is 0 Å². The second kappa shape index (κ2) is 16.3. The first-order chi connectivity index (χ1) is 27.6. The first-order valence-corrected chi connectivity index (χ1v) is 21.8. The summed E-state index contributed by atoms with van der Waals surface area (Å²) in [6.07, 6.45) is 10.0. The van der Waals surface area contributed by atoms with Crippen molar-refractivity contribution in [3.05, 3.63) is 72.3 Å². The number of aromatic nitrogens is 2. The van der Waals surface area contributed by atoms with Crippen molar-refractivity contribution in [3.8, 4) is 16.5 Å². The van der Waals surface area contributed by atoms with Gasteiger partial charge >= 0.3 is 6.09 Å². The fourth-order valence-corrected chi connectivity index (χ4v) is 9.65. The quantitative estimate of drug-likeness (QED) is 0.197. The van der Waals surface area contributed by atoms with Crippen LogP contribution in [0.5, 0.6) is 5.88 Å². The summed E-state index contributed by atoms with van der Waals surface area (Å²) in [5, 5.41) is 7.14. The molecule has 3 fully saturated rings. The number of ether oxygens (including phenoxy) is 2. The maximum absolute atomic E-state index is 14.6. The van der Waals surface area contributed by atoms with E-state index in [2.05, 4.69) is 15.4 Å². The fourth-order valence-electron chi connectivity index (χ4n) is 7.98. The number of hydrogen-bond acceptors (Lipinski definition) is 12. The largest absolute Gasteiger partial charge is 0.471 e. The summed E-state index contributed by atoms with van der Waals surface area (Å²) >= 11 is 1.47. The minimum atomic E-state index is -4.39. The Morgan fingerprint density at radius 2 is 1.74 bits per heavy atom. The molecule has 0 spiro atoms. The number of rotatable bonds is 8. The van der Waals surface area contributed by atoms with Gasteiger partial charge in [-0.05, 0) is 87.1 Å². The summed E-state index contributed by atoms with van der Waals surface area (Å²) in [6, 6.07) is 11.6. The molecule has 1 saturated heterocycles. The van der Waals surface area contributed by atoms with Crippen LogP contribution in [0.1, 0.15) is 70.6 Å². The molecule has 4 amide bonds. The topological polar surface area (TPSA) is 199 Å². The Hall–Kier alpha value is -5.29. The van der Waals surface area contributed by atoms with Crippen LogP contribution in [0.25, 0.3) is 21.6 Å².